The molecule has 3 nitrogen and oxygen atoms in total. The maximum absolute atomic E-state index is 12.3. The number of nitrogens with zero attached hydrogens (tertiary/aromatic N) is 1. The summed E-state index contributed by atoms with van der Waals surface area (Å²) in [5, 5.41) is 10.0. The van der Waals surface area contributed by atoms with Gasteiger partial charge in [0.1, 0.15) is 0 Å². The van der Waals surface area contributed by atoms with Crippen LogP contribution in [0.2, 0.25) is 0 Å². The van der Waals surface area contributed by atoms with Gasteiger partial charge in [-0.05, 0) is 32.1 Å². The zero-order valence-corrected chi connectivity index (χ0v) is 11.1. The summed E-state index contributed by atoms with van der Waals surface area (Å²) >= 11 is 0. The van der Waals surface area contributed by atoms with Gasteiger partial charge in [0.2, 0.25) is 5.91 Å². The average molecular weight is 239 g/mol. The van der Waals surface area contributed by atoms with E-state index in [0.29, 0.717) is 17.9 Å². The van der Waals surface area contributed by atoms with Crippen LogP contribution in [-0.4, -0.2) is 34.6 Å². The third-order valence-corrected chi connectivity index (χ3v) is 4.64. The Morgan fingerprint density at radius 1 is 1.35 bits per heavy atom. The number of aliphatic hydroxyl groups excluding tert-OH is 1. The topological polar surface area (TPSA) is 40.5 Å². The van der Waals surface area contributed by atoms with Crippen LogP contribution < -0.4 is 0 Å². The van der Waals surface area contributed by atoms with Crippen LogP contribution in [0.3, 0.4) is 0 Å². The molecule has 0 bridgehead atoms. The van der Waals surface area contributed by atoms with Crippen LogP contribution in [-0.2, 0) is 4.79 Å². The molecule has 2 fully saturated rings. The predicted molar refractivity (Wildman–Crippen MR) is 67.5 cm³/mol. The summed E-state index contributed by atoms with van der Waals surface area (Å²) in [5.74, 6) is 0.772. The molecule has 4 unspecified atom stereocenters. The van der Waals surface area contributed by atoms with Gasteiger partial charge in [-0.25, -0.2) is 0 Å². The molecular formula is C14H25NO2. The molecule has 0 aromatic carbocycles. The van der Waals surface area contributed by atoms with Crippen molar-refractivity contribution >= 4 is 5.91 Å². The number of carbonyl (C=O) groups excluding carboxylic acids is 1. The van der Waals surface area contributed by atoms with Crippen LogP contribution in [0.1, 0.15) is 52.4 Å². The summed E-state index contributed by atoms with van der Waals surface area (Å²) in [6.45, 7) is 4.98. The van der Waals surface area contributed by atoms with Crippen molar-refractivity contribution in [3.8, 4) is 0 Å². The lowest BCUT2D eigenvalue weighted by molar-refractivity contribution is -0.137. The fourth-order valence-corrected chi connectivity index (χ4v) is 3.39. The Morgan fingerprint density at radius 3 is 2.71 bits per heavy atom. The molecule has 0 spiro atoms. The zero-order chi connectivity index (χ0) is 12.4. The van der Waals surface area contributed by atoms with Gasteiger partial charge in [0.05, 0.1) is 6.10 Å². The fraction of sp³-hybridized carbons (Fsp3) is 0.929. The molecule has 0 radical (unpaired) electrons. The van der Waals surface area contributed by atoms with Crippen molar-refractivity contribution in [1.29, 1.82) is 0 Å². The highest BCUT2D eigenvalue weighted by molar-refractivity contribution is 5.79. The second kappa shape index (κ2) is 5.38. The van der Waals surface area contributed by atoms with Gasteiger partial charge in [-0.15, -0.1) is 0 Å². The highest BCUT2D eigenvalue weighted by Crippen LogP contribution is 2.36. The summed E-state index contributed by atoms with van der Waals surface area (Å²) in [5.41, 5.74) is 0. The van der Waals surface area contributed by atoms with Crippen molar-refractivity contribution in [1.82, 2.24) is 4.90 Å². The van der Waals surface area contributed by atoms with Crippen LogP contribution in [0.5, 0.6) is 0 Å². The van der Waals surface area contributed by atoms with Crippen LogP contribution in [0, 0.1) is 11.8 Å². The lowest BCUT2D eigenvalue weighted by Crippen LogP contribution is -2.44. The molecule has 17 heavy (non-hydrogen) atoms. The standard InChI is InChI=1S/C14H25NO2/c1-3-10(2)14(17)15-9-5-7-12(15)11-6-4-8-13(11)16/h10-13,16H,3-9H2,1-2H3. The van der Waals surface area contributed by atoms with Gasteiger partial charge in [-0.1, -0.05) is 20.3 Å². The first-order valence-corrected chi connectivity index (χ1v) is 7.13. The molecular weight excluding hydrogens is 214 g/mol. The maximum atomic E-state index is 12.3. The van der Waals surface area contributed by atoms with E-state index in [0.717, 1.165) is 45.1 Å². The molecule has 2 rings (SSSR count). The zero-order valence-electron chi connectivity index (χ0n) is 11.1. The first-order chi connectivity index (χ1) is 8.15. The normalized spacial score (nSPS) is 35.2. The minimum Gasteiger partial charge on any atom is -0.393 e. The van der Waals surface area contributed by atoms with Crippen LogP contribution in [0.4, 0.5) is 0 Å². The summed E-state index contributed by atoms with van der Waals surface area (Å²) in [6, 6.07) is 0.314. The van der Waals surface area contributed by atoms with Crippen LogP contribution in [0.15, 0.2) is 0 Å². The Balaban J connectivity index is 2.04. The summed E-state index contributed by atoms with van der Waals surface area (Å²) in [6.07, 6.45) is 6.07. The van der Waals surface area contributed by atoms with E-state index < -0.39 is 0 Å². The lowest BCUT2D eigenvalue weighted by Gasteiger charge is -2.32. The van der Waals surface area contributed by atoms with E-state index >= 15 is 0 Å². The van der Waals surface area contributed by atoms with Gasteiger partial charge in [-0.3, -0.25) is 4.79 Å². The number of hydrogen-bond donors (Lipinski definition) is 1. The van der Waals surface area contributed by atoms with Gasteiger partial charge >= 0.3 is 0 Å². The molecule has 1 saturated carbocycles. The Bertz CT molecular complexity index is 279. The van der Waals surface area contributed by atoms with Gasteiger partial charge in [0.15, 0.2) is 0 Å². The second-order valence-corrected chi connectivity index (χ2v) is 5.71. The monoisotopic (exact) mass is 239 g/mol. The molecule has 0 aromatic rings. The first-order valence-electron chi connectivity index (χ1n) is 7.13. The van der Waals surface area contributed by atoms with E-state index in [9.17, 15) is 9.90 Å². The Labute approximate surface area is 104 Å². The van der Waals surface area contributed by atoms with E-state index in [1.807, 2.05) is 6.92 Å². The lowest BCUT2D eigenvalue weighted by atomic mass is 9.93. The van der Waals surface area contributed by atoms with Crippen LogP contribution >= 0.6 is 0 Å². The quantitative estimate of drug-likeness (QED) is 0.820. The maximum Gasteiger partial charge on any atom is 0.225 e. The number of amides is 1. The van der Waals surface area contributed by atoms with E-state index in [-0.39, 0.29) is 12.0 Å². The van der Waals surface area contributed by atoms with E-state index in [1.165, 1.54) is 0 Å². The Morgan fingerprint density at radius 2 is 2.12 bits per heavy atom. The van der Waals surface area contributed by atoms with E-state index in [1.54, 1.807) is 0 Å². The largest absolute Gasteiger partial charge is 0.393 e. The number of rotatable bonds is 3. The third kappa shape index (κ3) is 2.49. The molecule has 1 saturated heterocycles. The van der Waals surface area contributed by atoms with Crippen molar-refractivity contribution in [3.63, 3.8) is 0 Å². The number of aliphatic hydroxyl groups is 1. The van der Waals surface area contributed by atoms with Crippen molar-refractivity contribution in [2.75, 3.05) is 6.54 Å². The number of carbonyl (C=O) groups is 1. The Kier molecular flexibility index (Phi) is 4.08. The molecule has 4 atom stereocenters. The van der Waals surface area contributed by atoms with Gasteiger partial charge < -0.3 is 10.0 Å². The molecule has 1 aliphatic heterocycles. The molecule has 1 heterocycles. The number of likely N-dealkylation sites (tertiary alicyclic amines) is 1. The third-order valence-electron chi connectivity index (χ3n) is 4.64. The van der Waals surface area contributed by atoms with Gasteiger partial charge in [0, 0.05) is 24.4 Å². The van der Waals surface area contributed by atoms with Gasteiger partial charge in [0.25, 0.3) is 0 Å². The first kappa shape index (κ1) is 12.9. The predicted octanol–water partition coefficient (Wildman–Crippen LogP) is 2.18. The molecule has 1 amide bonds. The molecule has 1 N–H and O–H groups in total. The van der Waals surface area contributed by atoms with Crippen molar-refractivity contribution in [3.05, 3.63) is 0 Å². The van der Waals surface area contributed by atoms with Crippen molar-refractivity contribution in [2.45, 2.75) is 64.5 Å². The highest BCUT2D eigenvalue weighted by atomic mass is 16.3. The van der Waals surface area contributed by atoms with E-state index in [2.05, 4.69) is 11.8 Å². The smallest absolute Gasteiger partial charge is 0.225 e. The van der Waals surface area contributed by atoms with Crippen molar-refractivity contribution < 1.29 is 9.90 Å². The molecule has 2 aliphatic rings. The molecule has 0 aromatic heterocycles. The minimum absolute atomic E-state index is 0.133. The average Bonchev–Trinajstić information content (AvgIpc) is 2.94. The molecule has 3 heteroatoms. The fourth-order valence-electron chi connectivity index (χ4n) is 3.39. The highest BCUT2D eigenvalue weighted by Gasteiger charge is 2.40. The second-order valence-electron chi connectivity index (χ2n) is 5.71. The SMILES string of the molecule is CCC(C)C(=O)N1CCCC1C1CCCC1O. The summed E-state index contributed by atoms with van der Waals surface area (Å²) in [4.78, 5) is 14.4. The van der Waals surface area contributed by atoms with E-state index in [4.69, 9.17) is 0 Å². The summed E-state index contributed by atoms with van der Waals surface area (Å²) < 4.78 is 0. The summed E-state index contributed by atoms with van der Waals surface area (Å²) in [7, 11) is 0. The van der Waals surface area contributed by atoms with Crippen LogP contribution in [0.25, 0.3) is 0 Å². The molecule has 1 aliphatic carbocycles. The van der Waals surface area contributed by atoms with Crippen molar-refractivity contribution in [2.24, 2.45) is 11.8 Å². The molecule has 98 valence electrons. The minimum atomic E-state index is -0.176. The number of hydrogen-bond acceptors (Lipinski definition) is 2. The van der Waals surface area contributed by atoms with Gasteiger partial charge in [-0.2, -0.15) is 0 Å². The Hall–Kier alpha value is -0.570.